The largest absolute Gasteiger partial charge is 0.455 e. The molecule has 0 amide bonds. The van der Waals surface area contributed by atoms with E-state index in [1.165, 1.54) is 0 Å². The van der Waals surface area contributed by atoms with Crippen LogP contribution in [0.25, 0.3) is 22.4 Å². The molecule has 0 aromatic heterocycles. The van der Waals surface area contributed by atoms with Gasteiger partial charge in [0.25, 0.3) is 0 Å². The number of rotatable bonds is 2. The number of pyridine rings is 1. The highest BCUT2D eigenvalue weighted by molar-refractivity contribution is 5.91. The van der Waals surface area contributed by atoms with Gasteiger partial charge in [0.15, 0.2) is 11.5 Å². The average Bonchev–Trinajstić information content (AvgIpc) is 3.18. The van der Waals surface area contributed by atoms with Crippen LogP contribution in [0, 0.1) is 0 Å². The molecular weight excluding hydrogens is 318 g/mol. The van der Waals surface area contributed by atoms with Crippen molar-refractivity contribution in [2.75, 3.05) is 6.79 Å². The summed E-state index contributed by atoms with van der Waals surface area (Å²) in [6, 6.07) is 13.6. The summed E-state index contributed by atoms with van der Waals surface area (Å²) in [5, 5.41) is 0. The molecule has 0 radical (unpaired) electrons. The van der Waals surface area contributed by atoms with E-state index in [1.807, 2.05) is 57.2 Å². The number of aromatic amines is 1. The Kier molecular flexibility index (Phi) is 3.46. The Morgan fingerprint density at radius 3 is 2.56 bits per heavy atom. The number of esters is 1. The van der Waals surface area contributed by atoms with Crippen LogP contribution in [0.2, 0.25) is 0 Å². The van der Waals surface area contributed by atoms with Crippen molar-refractivity contribution in [3.63, 3.8) is 0 Å². The molecule has 1 aliphatic carbocycles. The van der Waals surface area contributed by atoms with Crippen molar-refractivity contribution in [2.24, 2.45) is 0 Å². The van der Waals surface area contributed by atoms with Gasteiger partial charge in [0.05, 0.1) is 0 Å². The van der Waals surface area contributed by atoms with Gasteiger partial charge in [0.1, 0.15) is 11.3 Å². The Balaban J connectivity index is 1.68. The summed E-state index contributed by atoms with van der Waals surface area (Å²) in [7, 11) is 0. The second-order valence-corrected chi connectivity index (χ2v) is 7.02. The molecule has 0 spiro atoms. The van der Waals surface area contributed by atoms with Crippen LogP contribution in [0.5, 0.6) is 11.5 Å². The lowest BCUT2D eigenvalue weighted by Crippen LogP contribution is -2.24. The first-order chi connectivity index (χ1) is 11.9. The first-order valence-corrected chi connectivity index (χ1v) is 8.16. The molecule has 128 valence electrons. The summed E-state index contributed by atoms with van der Waals surface area (Å²) >= 11 is 0. The number of nitrogens with one attached hydrogen (secondary N) is 1. The van der Waals surface area contributed by atoms with Crippen molar-refractivity contribution in [3.05, 3.63) is 48.2 Å². The van der Waals surface area contributed by atoms with Crippen LogP contribution in [-0.4, -0.2) is 23.3 Å². The van der Waals surface area contributed by atoms with Gasteiger partial charge in [0, 0.05) is 11.3 Å². The lowest BCUT2D eigenvalue weighted by molar-refractivity contribution is 0.00630. The quantitative estimate of drug-likeness (QED) is 0.701. The van der Waals surface area contributed by atoms with Gasteiger partial charge >= 0.3 is 5.97 Å². The van der Waals surface area contributed by atoms with Gasteiger partial charge in [-0.05, 0) is 62.2 Å². The van der Waals surface area contributed by atoms with Crippen LogP contribution >= 0.6 is 0 Å². The molecule has 0 fully saturated rings. The zero-order valence-electron chi connectivity index (χ0n) is 14.4. The molecule has 5 nitrogen and oxygen atoms in total. The summed E-state index contributed by atoms with van der Waals surface area (Å²) in [5.41, 5.74) is 3.94. The van der Waals surface area contributed by atoms with E-state index in [9.17, 15) is 4.79 Å². The smallest absolute Gasteiger partial charge is 0.355 e. The van der Waals surface area contributed by atoms with E-state index in [0.717, 1.165) is 33.9 Å². The molecule has 1 aromatic carbocycles. The predicted octanol–water partition coefficient (Wildman–Crippen LogP) is 4.47. The van der Waals surface area contributed by atoms with Crippen molar-refractivity contribution in [1.82, 2.24) is 4.98 Å². The molecule has 0 saturated heterocycles. The molecule has 25 heavy (non-hydrogen) atoms. The normalized spacial score (nSPS) is 13.2. The van der Waals surface area contributed by atoms with Gasteiger partial charge in [-0.1, -0.05) is 12.1 Å². The van der Waals surface area contributed by atoms with Gasteiger partial charge in [-0.25, -0.2) is 4.79 Å². The Morgan fingerprint density at radius 1 is 1.00 bits per heavy atom. The standard InChI is InChI=1S/C20H19NO4/c1-20(2,3)25-19(22)16-8-6-14-13(5-7-15(14)21-16)12-4-9-17-18(10-12)24-11-23-17/h4-10,21H,11H2,1-3H3. The molecular formula is C20H19NO4. The maximum absolute atomic E-state index is 12.2. The molecule has 2 heterocycles. The summed E-state index contributed by atoms with van der Waals surface area (Å²) in [4.78, 5) is 15.4. The average molecular weight is 337 g/mol. The number of fused-ring (bicyclic) bond motifs is 2. The van der Waals surface area contributed by atoms with Crippen molar-refractivity contribution in [3.8, 4) is 33.9 Å². The van der Waals surface area contributed by atoms with Crippen molar-refractivity contribution >= 4 is 5.97 Å². The molecule has 1 N–H and O–H groups in total. The Hall–Kier alpha value is -2.95. The second kappa shape index (κ2) is 5.55. The third kappa shape index (κ3) is 2.93. The van der Waals surface area contributed by atoms with Gasteiger partial charge in [-0.2, -0.15) is 0 Å². The number of benzene rings is 1. The molecule has 5 heteroatoms. The van der Waals surface area contributed by atoms with Crippen LogP contribution in [0.4, 0.5) is 0 Å². The van der Waals surface area contributed by atoms with Crippen LogP contribution in [0.1, 0.15) is 31.3 Å². The number of hydrogen-bond acceptors (Lipinski definition) is 4. The highest BCUT2D eigenvalue weighted by atomic mass is 16.7. The molecule has 3 aliphatic rings. The topological polar surface area (TPSA) is 60.6 Å². The van der Waals surface area contributed by atoms with Gasteiger partial charge in [0.2, 0.25) is 6.79 Å². The molecule has 0 saturated carbocycles. The monoisotopic (exact) mass is 337 g/mol. The first-order valence-electron chi connectivity index (χ1n) is 8.16. The minimum Gasteiger partial charge on any atom is -0.455 e. The number of ether oxygens (including phenoxy) is 3. The van der Waals surface area contributed by atoms with E-state index in [1.54, 1.807) is 6.07 Å². The van der Waals surface area contributed by atoms with Crippen molar-refractivity contribution in [1.29, 1.82) is 0 Å². The SMILES string of the molecule is CC(C)(C)OC(=O)c1ccc2c(-c3ccc4c(c3)OCO4)ccc-2[nH]1. The van der Waals surface area contributed by atoms with Crippen molar-refractivity contribution < 1.29 is 19.0 Å². The molecule has 4 rings (SSSR count). The second-order valence-electron chi connectivity index (χ2n) is 7.02. The molecule has 2 aliphatic heterocycles. The summed E-state index contributed by atoms with van der Waals surface area (Å²) in [6.07, 6.45) is 0. The highest BCUT2D eigenvalue weighted by Crippen LogP contribution is 2.40. The predicted molar refractivity (Wildman–Crippen MR) is 94.1 cm³/mol. The van der Waals surface area contributed by atoms with Crippen LogP contribution in [-0.2, 0) is 4.74 Å². The van der Waals surface area contributed by atoms with E-state index in [-0.39, 0.29) is 12.8 Å². The number of hydrogen-bond donors (Lipinski definition) is 1. The van der Waals surface area contributed by atoms with Gasteiger partial charge in [-0.3, -0.25) is 0 Å². The summed E-state index contributed by atoms with van der Waals surface area (Å²) in [5.74, 6) is 1.15. The third-order valence-corrected chi connectivity index (χ3v) is 3.99. The lowest BCUT2D eigenvalue weighted by atomic mass is 10.0. The van der Waals surface area contributed by atoms with Crippen LogP contribution in [0.15, 0.2) is 42.5 Å². The fourth-order valence-electron chi connectivity index (χ4n) is 2.90. The fraction of sp³-hybridized carbons (Fsp3) is 0.250. The Morgan fingerprint density at radius 2 is 1.76 bits per heavy atom. The number of carbonyl (C=O) groups excluding carboxylic acids is 1. The van der Waals surface area contributed by atoms with E-state index in [0.29, 0.717) is 5.69 Å². The molecule has 0 bridgehead atoms. The Bertz CT molecular complexity index is 920. The number of aromatic nitrogens is 1. The van der Waals surface area contributed by atoms with Gasteiger partial charge in [-0.15, -0.1) is 0 Å². The zero-order chi connectivity index (χ0) is 17.6. The summed E-state index contributed by atoms with van der Waals surface area (Å²) in [6.45, 7) is 5.81. The molecule has 0 unspecified atom stereocenters. The zero-order valence-corrected chi connectivity index (χ0v) is 14.4. The van der Waals surface area contributed by atoms with E-state index >= 15 is 0 Å². The maximum atomic E-state index is 12.2. The van der Waals surface area contributed by atoms with E-state index in [2.05, 4.69) is 4.98 Å². The number of carbonyl (C=O) groups is 1. The van der Waals surface area contributed by atoms with Crippen LogP contribution < -0.4 is 9.47 Å². The highest BCUT2D eigenvalue weighted by Gasteiger charge is 2.21. The minimum atomic E-state index is -0.524. The lowest BCUT2D eigenvalue weighted by Gasteiger charge is -2.19. The van der Waals surface area contributed by atoms with E-state index in [4.69, 9.17) is 14.2 Å². The first kappa shape index (κ1) is 15.6. The minimum absolute atomic E-state index is 0.258. The van der Waals surface area contributed by atoms with Crippen molar-refractivity contribution in [2.45, 2.75) is 26.4 Å². The molecule has 1 aromatic rings. The number of H-pyrrole nitrogens is 1. The fourth-order valence-corrected chi connectivity index (χ4v) is 2.90. The Labute approximate surface area is 145 Å². The third-order valence-electron chi connectivity index (χ3n) is 3.99. The maximum Gasteiger partial charge on any atom is 0.355 e. The van der Waals surface area contributed by atoms with E-state index < -0.39 is 5.60 Å². The summed E-state index contributed by atoms with van der Waals surface area (Å²) < 4.78 is 16.2. The van der Waals surface area contributed by atoms with Gasteiger partial charge < -0.3 is 19.2 Å². The molecule has 0 atom stereocenters. The van der Waals surface area contributed by atoms with Crippen LogP contribution in [0.3, 0.4) is 0 Å².